The number of benzene rings is 1. The average molecular weight is 477 g/mol. The summed E-state index contributed by atoms with van der Waals surface area (Å²) in [7, 11) is 0. The van der Waals surface area contributed by atoms with Crippen LogP contribution in [-0.4, -0.2) is 49.9 Å². The van der Waals surface area contributed by atoms with Gasteiger partial charge >= 0.3 is 6.09 Å². The Morgan fingerprint density at radius 3 is 2.49 bits per heavy atom. The highest BCUT2D eigenvalue weighted by Crippen LogP contribution is 2.35. The quantitative estimate of drug-likeness (QED) is 0.510. The lowest BCUT2D eigenvalue weighted by Gasteiger charge is -2.30. The Morgan fingerprint density at radius 2 is 1.86 bits per heavy atom. The highest BCUT2D eigenvalue weighted by atomic mass is 16.4. The lowest BCUT2D eigenvalue weighted by Crippen LogP contribution is -2.38. The van der Waals surface area contributed by atoms with Crippen LogP contribution in [0.2, 0.25) is 0 Å². The minimum atomic E-state index is -0.883. The summed E-state index contributed by atoms with van der Waals surface area (Å²) in [5.41, 5.74) is 9.69. The summed E-state index contributed by atoms with van der Waals surface area (Å²) in [6, 6.07) is 11.6. The smallest absolute Gasteiger partial charge is 0.407 e. The molecule has 0 radical (unpaired) electrons. The number of hydrogen-bond donors (Lipinski definition) is 3. The largest absolute Gasteiger partial charge is 0.465 e. The Balaban J connectivity index is 1.61. The van der Waals surface area contributed by atoms with Gasteiger partial charge in [-0.3, -0.25) is 9.48 Å². The summed E-state index contributed by atoms with van der Waals surface area (Å²) in [5, 5.41) is 17.1. The van der Waals surface area contributed by atoms with Gasteiger partial charge in [-0.1, -0.05) is 51.1 Å². The number of piperidine rings is 1. The van der Waals surface area contributed by atoms with Crippen molar-refractivity contribution in [3.8, 4) is 11.1 Å². The van der Waals surface area contributed by atoms with Crippen LogP contribution in [0.4, 0.5) is 10.6 Å². The number of carbonyl (C=O) groups excluding carboxylic acids is 1. The van der Waals surface area contributed by atoms with Gasteiger partial charge in [0.05, 0.1) is 17.3 Å². The molecule has 1 aliphatic rings. The van der Waals surface area contributed by atoms with Crippen molar-refractivity contribution >= 4 is 17.8 Å². The van der Waals surface area contributed by atoms with E-state index in [4.69, 9.17) is 10.8 Å². The normalized spacial score (nSPS) is 14.7. The van der Waals surface area contributed by atoms with Gasteiger partial charge in [0.2, 0.25) is 0 Å². The van der Waals surface area contributed by atoms with Crippen LogP contribution < -0.4 is 11.1 Å². The third-order valence-electron chi connectivity index (χ3n) is 6.32. The molecular weight excluding hydrogens is 444 g/mol. The first-order valence-corrected chi connectivity index (χ1v) is 11.8. The number of amides is 2. The second kappa shape index (κ2) is 9.77. The molecule has 0 aliphatic carbocycles. The molecule has 1 saturated heterocycles. The molecule has 3 heterocycles. The first-order valence-electron chi connectivity index (χ1n) is 11.8. The lowest BCUT2D eigenvalue weighted by molar-refractivity contribution is 0.0951. The Hall–Kier alpha value is -3.88. The van der Waals surface area contributed by atoms with E-state index in [0.717, 1.165) is 22.4 Å². The Labute approximate surface area is 205 Å². The van der Waals surface area contributed by atoms with Crippen molar-refractivity contribution in [1.29, 1.82) is 0 Å². The molecule has 1 fully saturated rings. The zero-order valence-electron chi connectivity index (χ0n) is 20.4. The summed E-state index contributed by atoms with van der Waals surface area (Å²) in [4.78, 5) is 30.0. The fourth-order valence-corrected chi connectivity index (χ4v) is 4.34. The molecule has 0 atom stereocenters. The van der Waals surface area contributed by atoms with Crippen molar-refractivity contribution in [1.82, 2.24) is 25.0 Å². The predicted octanol–water partition coefficient (Wildman–Crippen LogP) is 4.07. The van der Waals surface area contributed by atoms with Crippen molar-refractivity contribution in [2.75, 3.05) is 18.8 Å². The van der Waals surface area contributed by atoms with Gasteiger partial charge in [-0.25, -0.2) is 9.78 Å². The third-order valence-corrected chi connectivity index (χ3v) is 6.32. The van der Waals surface area contributed by atoms with Crippen LogP contribution in [0.5, 0.6) is 0 Å². The summed E-state index contributed by atoms with van der Waals surface area (Å²) in [6.07, 6.45) is 4.17. The van der Waals surface area contributed by atoms with Gasteiger partial charge in [-0.2, -0.15) is 5.10 Å². The van der Waals surface area contributed by atoms with E-state index < -0.39 is 6.09 Å². The SMILES string of the molecule is CC(C)(C)c1nn(C2CCN(C(=O)O)CC2)cc1-c1cnc(N)c(C(=O)NCc2ccccc2)c1. The van der Waals surface area contributed by atoms with Gasteiger partial charge in [0, 0.05) is 48.6 Å². The maximum Gasteiger partial charge on any atom is 0.407 e. The molecule has 1 aromatic carbocycles. The molecule has 4 rings (SSSR count). The first kappa shape index (κ1) is 24.3. The summed E-state index contributed by atoms with van der Waals surface area (Å²) in [6.45, 7) is 7.63. The van der Waals surface area contributed by atoms with Gasteiger partial charge in [0.25, 0.3) is 5.91 Å². The minimum absolute atomic E-state index is 0.107. The summed E-state index contributed by atoms with van der Waals surface area (Å²) in [5.74, 6) is -0.114. The number of rotatable bonds is 5. The van der Waals surface area contributed by atoms with Crippen LogP contribution in [0.15, 0.2) is 48.8 Å². The molecule has 2 amide bonds. The lowest BCUT2D eigenvalue weighted by atomic mass is 9.87. The number of anilines is 1. The van der Waals surface area contributed by atoms with E-state index in [1.54, 1.807) is 12.3 Å². The zero-order valence-corrected chi connectivity index (χ0v) is 20.4. The van der Waals surface area contributed by atoms with Crippen LogP contribution in [0, 0.1) is 0 Å². The molecule has 0 spiro atoms. The van der Waals surface area contributed by atoms with Crippen LogP contribution in [0.3, 0.4) is 0 Å². The fraction of sp³-hybridized carbons (Fsp3) is 0.385. The summed E-state index contributed by atoms with van der Waals surface area (Å²) >= 11 is 0. The van der Waals surface area contributed by atoms with Gasteiger partial charge in [0.1, 0.15) is 5.82 Å². The second-order valence-electron chi connectivity index (χ2n) is 9.95. The van der Waals surface area contributed by atoms with Crippen molar-refractivity contribution < 1.29 is 14.7 Å². The highest BCUT2D eigenvalue weighted by molar-refractivity contribution is 5.99. The number of nitrogens with two attached hydrogens (primary N) is 1. The van der Waals surface area contributed by atoms with Crippen LogP contribution >= 0.6 is 0 Å². The number of carboxylic acid groups (broad SMARTS) is 1. The van der Waals surface area contributed by atoms with Crippen molar-refractivity contribution in [3.05, 3.63) is 65.6 Å². The van der Waals surface area contributed by atoms with E-state index in [2.05, 4.69) is 31.1 Å². The van der Waals surface area contributed by atoms with Crippen molar-refractivity contribution in [2.24, 2.45) is 0 Å². The average Bonchev–Trinajstić information content (AvgIpc) is 3.30. The third kappa shape index (κ3) is 5.45. The van der Waals surface area contributed by atoms with Crippen LogP contribution in [0.1, 0.15) is 61.3 Å². The Bertz CT molecular complexity index is 1210. The number of carbonyl (C=O) groups is 2. The van der Waals surface area contributed by atoms with Crippen molar-refractivity contribution in [3.63, 3.8) is 0 Å². The molecule has 3 aromatic rings. The van der Waals surface area contributed by atoms with E-state index in [0.29, 0.717) is 38.0 Å². The molecule has 35 heavy (non-hydrogen) atoms. The molecule has 0 unspecified atom stereocenters. The maximum atomic E-state index is 12.9. The number of aromatic nitrogens is 3. The number of nitrogens with zero attached hydrogens (tertiary/aromatic N) is 4. The van der Waals surface area contributed by atoms with Crippen LogP contribution in [-0.2, 0) is 12.0 Å². The monoisotopic (exact) mass is 476 g/mol. The molecule has 0 bridgehead atoms. The van der Waals surface area contributed by atoms with Gasteiger partial charge in [0.15, 0.2) is 0 Å². The fourth-order valence-electron chi connectivity index (χ4n) is 4.34. The Kier molecular flexibility index (Phi) is 6.77. The molecule has 9 nitrogen and oxygen atoms in total. The second-order valence-corrected chi connectivity index (χ2v) is 9.95. The molecular formula is C26H32N6O3. The van der Waals surface area contributed by atoms with E-state index in [9.17, 15) is 14.7 Å². The maximum absolute atomic E-state index is 12.9. The Morgan fingerprint density at radius 1 is 1.17 bits per heavy atom. The number of pyridine rings is 1. The van der Waals surface area contributed by atoms with Crippen molar-refractivity contribution in [2.45, 2.75) is 51.6 Å². The minimum Gasteiger partial charge on any atom is -0.465 e. The molecule has 9 heteroatoms. The first-order chi connectivity index (χ1) is 16.6. The predicted molar refractivity (Wildman–Crippen MR) is 134 cm³/mol. The van der Waals surface area contributed by atoms with E-state index in [1.807, 2.05) is 41.2 Å². The molecule has 184 valence electrons. The topological polar surface area (TPSA) is 126 Å². The van der Waals surface area contributed by atoms with E-state index in [1.165, 1.54) is 4.90 Å². The van der Waals surface area contributed by atoms with Gasteiger partial charge in [-0.05, 0) is 24.5 Å². The summed E-state index contributed by atoms with van der Waals surface area (Å²) < 4.78 is 1.95. The molecule has 1 aliphatic heterocycles. The highest BCUT2D eigenvalue weighted by Gasteiger charge is 2.29. The zero-order chi connectivity index (χ0) is 25.2. The van der Waals surface area contributed by atoms with Crippen LogP contribution in [0.25, 0.3) is 11.1 Å². The number of hydrogen-bond acceptors (Lipinski definition) is 5. The molecule has 0 saturated carbocycles. The number of nitrogen functional groups attached to an aromatic ring is 1. The number of nitrogens with one attached hydrogen (secondary N) is 1. The van der Waals surface area contributed by atoms with Gasteiger partial charge < -0.3 is 21.1 Å². The van der Waals surface area contributed by atoms with E-state index in [-0.39, 0.29) is 23.2 Å². The van der Waals surface area contributed by atoms with Gasteiger partial charge in [-0.15, -0.1) is 0 Å². The van der Waals surface area contributed by atoms with E-state index >= 15 is 0 Å². The molecule has 2 aromatic heterocycles. The number of likely N-dealkylation sites (tertiary alicyclic amines) is 1. The molecule has 4 N–H and O–H groups in total. The standard InChI is InChI=1S/C26H32N6O3/c1-26(2,3)22-21(16-32(30-22)19-9-11-31(12-10-19)25(34)35)18-13-20(23(27)28-15-18)24(33)29-14-17-7-5-4-6-8-17/h4-8,13,15-16,19H,9-12,14H2,1-3H3,(H2,27,28)(H,29,33)(H,34,35).